The Bertz CT molecular complexity index is 1170. The van der Waals surface area contributed by atoms with Crippen molar-refractivity contribution in [3.8, 4) is 11.5 Å². The minimum absolute atomic E-state index is 0.0972. The van der Waals surface area contributed by atoms with Crippen molar-refractivity contribution in [1.29, 1.82) is 0 Å². The van der Waals surface area contributed by atoms with Crippen LogP contribution in [-0.4, -0.2) is 80.4 Å². The second-order valence-electron chi connectivity index (χ2n) is 10.5. The molecule has 3 N–H and O–H groups in total. The quantitative estimate of drug-likeness (QED) is 0.256. The summed E-state index contributed by atoms with van der Waals surface area (Å²) in [5.41, 5.74) is 2.82. The molecular formula is C30H40F3N3O5S. The summed E-state index contributed by atoms with van der Waals surface area (Å²) < 4.78 is 48.1. The van der Waals surface area contributed by atoms with Crippen molar-refractivity contribution in [2.75, 3.05) is 41.0 Å². The lowest BCUT2D eigenvalue weighted by Crippen LogP contribution is -2.53. The number of nitrogens with zero attached hydrogens (tertiary/aromatic N) is 1. The molecule has 232 valence electrons. The average molecular weight is 612 g/mol. The van der Waals surface area contributed by atoms with Gasteiger partial charge in [-0.25, -0.2) is 4.79 Å². The molecule has 3 atom stereocenters. The van der Waals surface area contributed by atoms with E-state index in [-0.39, 0.29) is 5.41 Å². The Kier molecular flexibility index (Phi) is 12.3. The third-order valence-electron chi connectivity index (χ3n) is 7.95. The first-order valence-corrected chi connectivity index (χ1v) is 14.3. The maximum atomic E-state index is 10.6. The molecule has 1 saturated carbocycles. The average Bonchev–Trinajstić information content (AvgIpc) is 3.33. The second kappa shape index (κ2) is 15.4. The lowest BCUT2D eigenvalue weighted by Gasteiger charge is -2.46. The highest BCUT2D eigenvalue weighted by atomic mass is 32.1. The molecule has 1 aliphatic heterocycles. The predicted molar refractivity (Wildman–Crippen MR) is 158 cm³/mol. The third-order valence-corrected chi connectivity index (χ3v) is 8.21. The van der Waals surface area contributed by atoms with Crippen molar-refractivity contribution >= 4 is 23.3 Å². The standard InChI is InChI=1S/C28H39N3O3S.C2HF3O2/c1-32-17-7-15-29-27(35)30-23-12-13-28(22-10-11-24(33-2)25(18-22)34-3)14-16-31(26(28)19-23)20-21-8-5-4-6-9-21;3-2(4,5)1(6)7/h4-6,8-11,18,23,26H,7,12-17,19-20H2,1-3H3,(H2,29,30,35);(H,6,7)/t23-,26+,28+;/m1./s1. The number of carboxylic acids is 1. The van der Waals surface area contributed by atoms with Crippen molar-refractivity contribution in [3.05, 3.63) is 59.7 Å². The van der Waals surface area contributed by atoms with E-state index in [1.165, 1.54) is 11.1 Å². The molecule has 2 aromatic rings. The summed E-state index contributed by atoms with van der Waals surface area (Å²) in [6.45, 7) is 3.61. The molecular weight excluding hydrogens is 571 g/mol. The number of nitrogens with one attached hydrogen (secondary N) is 2. The highest BCUT2D eigenvalue weighted by Gasteiger charge is 2.51. The van der Waals surface area contributed by atoms with Gasteiger partial charge in [-0.15, -0.1) is 0 Å². The van der Waals surface area contributed by atoms with E-state index in [1.807, 2.05) is 0 Å². The molecule has 2 fully saturated rings. The van der Waals surface area contributed by atoms with Crippen LogP contribution >= 0.6 is 12.2 Å². The molecule has 1 aliphatic carbocycles. The first-order valence-electron chi connectivity index (χ1n) is 13.9. The van der Waals surface area contributed by atoms with Gasteiger partial charge < -0.3 is 30.0 Å². The predicted octanol–water partition coefficient (Wildman–Crippen LogP) is 4.90. The monoisotopic (exact) mass is 611 g/mol. The highest BCUT2D eigenvalue weighted by molar-refractivity contribution is 7.80. The SMILES string of the molecule is COCCCNC(=S)N[C@@H]1CC[C@@]2(c3ccc(OC)c(OC)c3)CCN(Cc3ccccc3)[C@H]2C1.O=C(O)C(F)(F)F. The normalized spacial score (nSPS) is 21.9. The molecule has 0 amide bonds. The molecule has 0 radical (unpaired) electrons. The molecule has 2 aromatic carbocycles. The van der Waals surface area contributed by atoms with E-state index < -0.39 is 12.1 Å². The molecule has 8 nitrogen and oxygen atoms in total. The topological polar surface area (TPSA) is 92.3 Å². The lowest BCUT2D eigenvalue weighted by molar-refractivity contribution is -0.192. The molecule has 2 aliphatic rings. The fourth-order valence-corrected chi connectivity index (χ4v) is 6.19. The van der Waals surface area contributed by atoms with Crippen LogP contribution in [0.25, 0.3) is 0 Å². The number of thiocarbonyl (C=S) groups is 1. The van der Waals surface area contributed by atoms with Gasteiger partial charge in [0.1, 0.15) is 0 Å². The number of carboxylic acid groups (broad SMARTS) is 1. The Hall–Kier alpha value is -3.09. The minimum Gasteiger partial charge on any atom is -0.493 e. The molecule has 1 saturated heterocycles. The van der Waals surface area contributed by atoms with Gasteiger partial charge in [0.2, 0.25) is 0 Å². The zero-order chi connectivity index (χ0) is 30.8. The van der Waals surface area contributed by atoms with E-state index >= 15 is 0 Å². The summed E-state index contributed by atoms with van der Waals surface area (Å²) in [6, 6.07) is 18.1. The number of ether oxygens (including phenoxy) is 3. The largest absolute Gasteiger partial charge is 0.493 e. The van der Waals surface area contributed by atoms with Crippen LogP contribution in [0.5, 0.6) is 11.5 Å². The Balaban J connectivity index is 0.000000616. The van der Waals surface area contributed by atoms with Gasteiger partial charge in [-0.3, -0.25) is 4.90 Å². The first kappa shape index (κ1) is 33.4. The van der Waals surface area contributed by atoms with Crippen LogP contribution in [0.1, 0.15) is 43.2 Å². The van der Waals surface area contributed by atoms with E-state index in [0.717, 1.165) is 75.0 Å². The molecule has 0 aromatic heterocycles. The fraction of sp³-hybridized carbons (Fsp3) is 0.533. The van der Waals surface area contributed by atoms with Gasteiger partial charge in [0.25, 0.3) is 0 Å². The zero-order valence-electron chi connectivity index (χ0n) is 24.2. The summed E-state index contributed by atoms with van der Waals surface area (Å²) in [6.07, 6.45) is 0.263. The van der Waals surface area contributed by atoms with Crippen molar-refractivity contribution in [2.45, 2.75) is 62.3 Å². The number of benzene rings is 2. The van der Waals surface area contributed by atoms with Gasteiger partial charge in [-0.05, 0) is 74.1 Å². The van der Waals surface area contributed by atoms with Gasteiger partial charge in [0, 0.05) is 44.3 Å². The van der Waals surface area contributed by atoms with Crippen molar-refractivity contribution in [2.24, 2.45) is 0 Å². The van der Waals surface area contributed by atoms with Crippen LogP contribution in [-0.2, 0) is 21.5 Å². The van der Waals surface area contributed by atoms with Crippen LogP contribution < -0.4 is 20.1 Å². The number of halogens is 3. The number of fused-ring (bicyclic) bond motifs is 1. The molecule has 0 unspecified atom stereocenters. The number of alkyl halides is 3. The third kappa shape index (κ3) is 8.71. The van der Waals surface area contributed by atoms with Crippen LogP contribution in [0.4, 0.5) is 13.2 Å². The van der Waals surface area contributed by atoms with Gasteiger partial charge in [0.15, 0.2) is 16.6 Å². The Labute approximate surface area is 250 Å². The number of likely N-dealkylation sites (tertiary alicyclic amines) is 1. The zero-order valence-corrected chi connectivity index (χ0v) is 25.0. The molecule has 4 rings (SSSR count). The smallest absolute Gasteiger partial charge is 0.490 e. The molecule has 0 spiro atoms. The molecule has 0 bridgehead atoms. The number of methoxy groups -OCH3 is 3. The summed E-state index contributed by atoms with van der Waals surface area (Å²) >= 11 is 5.61. The van der Waals surface area contributed by atoms with Crippen LogP contribution in [0.3, 0.4) is 0 Å². The minimum atomic E-state index is -5.08. The van der Waals surface area contributed by atoms with Gasteiger partial charge in [-0.2, -0.15) is 13.2 Å². The van der Waals surface area contributed by atoms with E-state index in [4.69, 9.17) is 36.3 Å². The molecule has 12 heteroatoms. The molecule has 42 heavy (non-hydrogen) atoms. The number of hydrogen-bond donors (Lipinski definition) is 3. The van der Waals surface area contributed by atoms with E-state index in [2.05, 4.69) is 64.1 Å². The van der Waals surface area contributed by atoms with Crippen molar-refractivity contribution in [3.63, 3.8) is 0 Å². The fourth-order valence-electron chi connectivity index (χ4n) is 5.92. The summed E-state index contributed by atoms with van der Waals surface area (Å²) in [5, 5.41) is 14.8. The maximum Gasteiger partial charge on any atom is 0.490 e. The molecule has 1 heterocycles. The Morgan fingerprint density at radius 2 is 1.79 bits per heavy atom. The van der Waals surface area contributed by atoms with E-state index in [9.17, 15) is 13.2 Å². The summed E-state index contributed by atoms with van der Waals surface area (Å²) in [5.74, 6) is -1.17. The maximum absolute atomic E-state index is 10.6. The van der Waals surface area contributed by atoms with E-state index in [0.29, 0.717) is 12.1 Å². The van der Waals surface area contributed by atoms with Crippen molar-refractivity contribution in [1.82, 2.24) is 15.5 Å². The van der Waals surface area contributed by atoms with Crippen molar-refractivity contribution < 1.29 is 37.3 Å². The number of rotatable bonds is 10. The number of carbonyl (C=O) groups is 1. The first-order chi connectivity index (χ1) is 20.0. The Morgan fingerprint density at radius 3 is 2.40 bits per heavy atom. The van der Waals surface area contributed by atoms with Gasteiger partial charge in [-0.1, -0.05) is 36.4 Å². The van der Waals surface area contributed by atoms with Gasteiger partial charge >= 0.3 is 12.1 Å². The lowest BCUT2D eigenvalue weighted by atomic mass is 9.65. The summed E-state index contributed by atoms with van der Waals surface area (Å²) in [4.78, 5) is 11.6. The number of aliphatic carboxylic acids is 1. The van der Waals surface area contributed by atoms with Crippen LogP contribution in [0, 0.1) is 0 Å². The summed E-state index contributed by atoms with van der Waals surface area (Å²) in [7, 11) is 5.14. The van der Waals surface area contributed by atoms with Gasteiger partial charge in [0.05, 0.1) is 14.2 Å². The van der Waals surface area contributed by atoms with Crippen LogP contribution in [0.2, 0.25) is 0 Å². The highest BCUT2D eigenvalue weighted by Crippen LogP contribution is 2.50. The Morgan fingerprint density at radius 1 is 1.10 bits per heavy atom. The second-order valence-corrected chi connectivity index (χ2v) is 10.9. The van der Waals surface area contributed by atoms with E-state index in [1.54, 1.807) is 21.3 Å². The number of hydrogen-bond acceptors (Lipinski definition) is 6. The van der Waals surface area contributed by atoms with Crippen LogP contribution in [0.15, 0.2) is 48.5 Å².